The molecule has 10 heteroatoms. The Morgan fingerprint density at radius 3 is 2.48 bits per heavy atom. The molecule has 1 rings (SSSR count). The van der Waals surface area contributed by atoms with E-state index in [1.165, 1.54) is 6.92 Å². The second kappa shape index (κ2) is 6.85. The van der Waals surface area contributed by atoms with Gasteiger partial charge in [0.15, 0.2) is 15.9 Å². The van der Waals surface area contributed by atoms with Gasteiger partial charge in [0.25, 0.3) is 5.91 Å². The molecular formula is C11H18N2O7S. The molecule has 3 N–H and O–H groups in total. The maximum atomic E-state index is 12.1. The summed E-state index contributed by atoms with van der Waals surface area (Å²) >= 11 is 0. The van der Waals surface area contributed by atoms with Crippen LogP contribution in [0.1, 0.15) is 13.3 Å². The quantitative estimate of drug-likeness (QED) is 0.421. The Labute approximate surface area is 122 Å². The van der Waals surface area contributed by atoms with Gasteiger partial charge in [-0.3, -0.25) is 9.59 Å². The molecule has 1 saturated heterocycles. The molecule has 0 radical (unpaired) electrons. The minimum Gasteiger partial charge on any atom is -0.480 e. The molecule has 1 fully saturated rings. The summed E-state index contributed by atoms with van der Waals surface area (Å²) in [4.78, 5) is 35.3. The van der Waals surface area contributed by atoms with Crippen LogP contribution < -0.4 is 5.73 Å². The largest absolute Gasteiger partial charge is 0.480 e. The van der Waals surface area contributed by atoms with E-state index in [1.807, 2.05) is 0 Å². The molecule has 0 aromatic heterocycles. The molecule has 0 aromatic rings. The Kier molecular flexibility index (Phi) is 5.67. The van der Waals surface area contributed by atoms with E-state index in [4.69, 9.17) is 10.8 Å². The summed E-state index contributed by atoms with van der Waals surface area (Å²) in [6, 6.07) is -2.45. The van der Waals surface area contributed by atoms with E-state index in [0.29, 0.717) is 0 Å². The average molecular weight is 322 g/mol. The Morgan fingerprint density at radius 1 is 1.43 bits per heavy atom. The van der Waals surface area contributed by atoms with E-state index in [9.17, 15) is 22.8 Å². The third-order valence-electron chi connectivity index (χ3n) is 3.04. The monoisotopic (exact) mass is 322 g/mol. The SMILES string of the molecule is CCOC(=O)C(N)C(=O)N(CC(=O)O)C1CCS(=O)(=O)C1. The maximum absolute atomic E-state index is 12.1. The lowest BCUT2D eigenvalue weighted by Crippen LogP contribution is -2.54. The Bertz CT molecular complexity index is 531. The van der Waals surface area contributed by atoms with Crippen LogP contribution in [0.2, 0.25) is 0 Å². The first-order valence-electron chi connectivity index (χ1n) is 6.33. The van der Waals surface area contributed by atoms with Gasteiger partial charge in [-0.15, -0.1) is 0 Å². The molecule has 1 aliphatic heterocycles. The molecule has 0 saturated carbocycles. The van der Waals surface area contributed by atoms with Crippen LogP contribution in [0.15, 0.2) is 0 Å². The molecule has 2 unspecified atom stereocenters. The zero-order chi connectivity index (χ0) is 16.2. The highest BCUT2D eigenvalue weighted by Gasteiger charge is 2.39. The highest BCUT2D eigenvalue weighted by Crippen LogP contribution is 2.18. The fourth-order valence-electron chi connectivity index (χ4n) is 2.07. The minimum absolute atomic E-state index is 0.0244. The van der Waals surface area contributed by atoms with Gasteiger partial charge in [-0.05, 0) is 13.3 Å². The molecule has 0 spiro atoms. The van der Waals surface area contributed by atoms with Gasteiger partial charge in [0, 0.05) is 6.04 Å². The summed E-state index contributed by atoms with van der Waals surface area (Å²) in [5, 5.41) is 8.85. The van der Waals surface area contributed by atoms with E-state index >= 15 is 0 Å². The van der Waals surface area contributed by atoms with E-state index in [1.54, 1.807) is 0 Å². The highest BCUT2D eigenvalue weighted by atomic mass is 32.2. The predicted molar refractivity (Wildman–Crippen MR) is 71.0 cm³/mol. The van der Waals surface area contributed by atoms with Crippen molar-refractivity contribution in [2.24, 2.45) is 5.73 Å². The number of nitrogens with two attached hydrogens (primary N) is 1. The normalized spacial score (nSPS) is 21.5. The van der Waals surface area contributed by atoms with Crippen molar-refractivity contribution < 1.29 is 32.6 Å². The van der Waals surface area contributed by atoms with Crippen LogP contribution in [0.25, 0.3) is 0 Å². The summed E-state index contributed by atoms with van der Waals surface area (Å²) in [6.07, 6.45) is 0.122. The van der Waals surface area contributed by atoms with Crippen molar-refractivity contribution >= 4 is 27.7 Å². The van der Waals surface area contributed by atoms with Gasteiger partial charge in [0.05, 0.1) is 18.1 Å². The molecule has 21 heavy (non-hydrogen) atoms. The van der Waals surface area contributed by atoms with Crippen LogP contribution in [-0.4, -0.2) is 73.0 Å². The third-order valence-corrected chi connectivity index (χ3v) is 4.79. The smallest absolute Gasteiger partial charge is 0.332 e. The molecule has 120 valence electrons. The van der Waals surface area contributed by atoms with Crippen molar-refractivity contribution in [3.8, 4) is 0 Å². The second-order valence-electron chi connectivity index (χ2n) is 4.65. The summed E-state index contributed by atoms with van der Waals surface area (Å²) < 4.78 is 27.5. The average Bonchev–Trinajstić information content (AvgIpc) is 2.74. The van der Waals surface area contributed by atoms with Crippen molar-refractivity contribution in [2.75, 3.05) is 24.7 Å². The third kappa shape index (κ3) is 4.67. The Balaban J connectivity index is 2.89. The molecule has 0 aromatic carbocycles. The Hall–Kier alpha value is -1.68. The predicted octanol–water partition coefficient (Wildman–Crippen LogP) is -2.02. The van der Waals surface area contributed by atoms with Crippen LogP contribution in [0.3, 0.4) is 0 Å². The van der Waals surface area contributed by atoms with Gasteiger partial charge >= 0.3 is 11.9 Å². The minimum atomic E-state index is -3.31. The van der Waals surface area contributed by atoms with Crippen LogP contribution in [0.5, 0.6) is 0 Å². The van der Waals surface area contributed by atoms with Gasteiger partial charge in [-0.2, -0.15) is 0 Å². The van der Waals surface area contributed by atoms with Gasteiger partial charge in [0.1, 0.15) is 6.54 Å². The number of nitrogens with zero attached hydrogens (tertiary/aromatic N) is 1. The zero-order valence-corrected chi connectivity index (χ0v) is 12.3. The highest BCUT2D eigenvalue weighted by molar-refractivity contribution is 7.91. The van der Waals surface area contributed by atoms with Crippen LogP contribution >= 0.6 is 0 Å². The van der Waals surface area contributed by atoms with Crippen molar-refractivity contribution in [1.29, 1.82) is 0 Å². The number of rotatable bonds is 6. The van der Waals surface area contributed by atoms with Crippen molar-refractivity contribution in [1.82, 2.24) is 4.90 Å². The van der Waals surface area contributed by atoms with Gasteiger partial charge in [-0.1, -0.05) is 0 Å². The molecule has 9 nitrogen and oxygen atoms in total. The van der Waals surface area contributed by atoms with Gasteiger partial charge < -0.3 is 20.5 Å². The summed E-state index contributed by atoms with van der Waals surface area (Å²) in [6.45, 7) is 0.844. The fraction of sp³-hybridized carbons (Fsp3) is 0.727. The van der Waals surface area contributed by atoms with E-state index in [0.717, 1.165) is 4.90 Å². The lowest BCUT2D eigenvalue weighted by Gasteiger charge is -2.28. The number of carboxylic acids is 1. The summed E-state index contributed by atoms with van der Waals surface area (Å²) in [7, 11) is -3.31. The second-order valence-corrected chi connectivity index (χ2v) is 6.88. The number of carboxylic acid groups (broad SMARTS) is 1. The van der Waals surface area contributed by atoms with E-state index in [2.05, 4.69) is 4.74 Å². The number of amides is 1. The Morgan fingerprint density at radius 2 is 2.05 bits per heavy atom. The molecular weight excluding hydrogens is 304 g/mol. The number of ether oxygens (including phenoxy) is 1. The summed E-state index contributed by atoms with van der Waals surface area (Å²) in [5.74, 6) is -3.70. The first-order chi connectivity index (χ1) is 9.68. The van der Waals surface area contributed by atoms with Gasteiger partial charge in [0.2, 0.25) is 0 Å². The number of carbonyl (C=O) groups excluding carboxylic acids is 2. The van der Waals surface area contributed by atoms with Gasteiger partial charge in [-0.25, -0.2) is 13.2 Å². The van der Waals surface area contributed by atoms with E-state index < -0.39 is 46.3 Å². The topological polar surface area (TPSA) is 144 Å². The van der Waals surface area contributed by atoms with Crippen LogP contribution in [-0.2, 0) is 29.0 Å². The van der Waals surface area contributed by atoms with Crippen molar-refractivity contribution in [3.05, 3.63) is 0 Å². The number of sulfone groups is 1. The van der Waals surface area contributed by atoms with Crippen LogP contribution in [0, 0.1) is 0 Å². The first kappa shape index (κ1) is 17.4. The standard InChI is InChI=1S/C11H18N2O7S/c1-2-20-11(17)9(12)10(16)13(5-8(14)15)7-3-4-21(18,19)6-7/h7,9H,2-6,12H2,1H3,(H,14,15). The van der Waals surface area contributed by atoms with Crippen LogP contribution in [0.4, 0.5) is 0 Å². The molecule has 1 amide bonds. The number of hydrogen-bond donors (Lipinski definition) is 2. The van der Waals surface area contributed by atoms with E-state index in [-0.39, 0.29) is 24.5 Å². The van der Waals surface area contributed by atoms with Crippen molar-refractivity contribution in [2.45, 2.75) is 25.4 Å². The lowest BCUT2D eigenvalue weighted by molar-refractivity contribution is -0.154. The number of aliphatic carboxylic acids is 1. The number of carbonyl (C=O) groups is 3. The summed E-state index contributed by atoms with van der Waals surface area (Å²) in [5.41, 5.74) is 5.45. The first-order valence-corrected chi connectivity index (χ1v) is 8.15. The zero-order valence-electron chi connectivity index (χ0n) is 11.5. The number of hydrogen-bond acceptors (Lipinski definition) is 7. The molecule has 2 atom stereocenters. The number of esters is 1. The molecule has 0 bridgehead atoms. The maximum Gasteiger partial charge on any atom is 0.332 e. The molecule has 1 aliphatic rings. The molecule has 1 heterocycles. The molecule has 0 aliphatic carbocycles. The lowest BCUT2D eigenvalue weighted by atomic mass is 10.1. The van der Waals surface area contributed by atoms with Crippen molar-refractivity contribution in [3.63, 3.8) is 0 Å². The fourth-order valence-corrected chi connectivity index (χ4v) is 3.80.